The van der Waals surface area contributed by atoms with Crippen molar-refractivity contribution >= 4 is 34.8 Å². The van der Waals surface area contributed by atoms with Crippen molar-refractivity contribution in [2.45, 2.75) is 20.3 Å². The SMILES string of the molecule is Cc1n[nH]c(C)c1CC(=O)Nc1ccc(Cl)c(Cl)c1. The van der Waals surface area contributed by atoms with Gasteiger partial charge in [0.1, 0.15) is 0 Å². The number of H-pyrrole nitrogens is 1. The van der Waals surface area contributed by atoms with Crippen LogP contribution in [0.2, 0.25) is 10.0 Å². The minimum atomic E-state index is -0.119. The zero-order valence-corrected chi connectivity index (χ0v) is 12.1. The molecule has 19 heavy (non-hydrogen) atoms. The fourth-order valence-corrected chi connectivity index (χ4v) is 2.07. The number of hydrogen-bond acceptors (Lipinski definition) is 2. The fourth-order valence-electron chi connectivity index (χ4n) is 1.77. The van der Waals surface area contributed by atoms with E-state index >= 15 is 0 Å². The maximum Gasteiger partial charge on any atom is 0.228 e. The molecule has 1 heterocycles. The average molecular weight is 298 g/mol. The van der Waals surface area contributed by atoms with Crippen LogP contribution in [0, 0.1) is 13.8 Å². The lowest BCUT2D eigenvalue weighted by atomic mass is 10.1. The zero-order valence-electron chi connectivity index (χ0n) is 10.6. The number of aryl methyl sites for hydroxylation is 2. The van der Waals surface area contributed by atoms with E-state index in [4.69, 9.17) is 23.2 Å². The van der Waals surface area contributed by atoms with Crippen molar-refractivity contribution in [3.8, 4) is 0 Å². The van der Waals surface area contributed by atoms with Gasteiger partial charge >= 0.3 is 0 Å². The van der Waals surface area contributed by atoms with Crippen molar-refractivity contribution in [3.63, 3.8) is 0 Å². The average Bonchev–Trinajstić information content (AvgIpc) is 2.66. The van der Waals surface area contributed by atoms with Gasteiger partial charge in [-0.15, -0.1) is 0 Å². The van der Waals surface area contributed by atoms with E-state index in [1.807, 2.05) is 13.8 Å². The van der Waals surface area contributed by atoms with Crippen LogP contribution in [0.15, 0.2) is 18.2 Å². The molecule has 0 radical (unpaired) electrons. The molecule has 100 valence electrons. The first-order chi connectivity index (χ1) is 8.97. The Morgan fingerprint density at radius 3 is 2.63 bits per heavy atom. The number of nitrogens with one attached hydrogen (secondary N) is 2. The lowest BCUT2D eigenvalue weighted by Gasteiger charge is -2.06. The number of anilines is 1. The first kappa shape index (κ1) is 13.9. The maximum absolute atomic E-state index is 12.0. The minimum Gasteiger partial charge on any atom is -0.326 e. The molecule has 0 aliphatic heterocycles. The number of aromatic amines is 1. The van der Waals surface area contributed by atoms with Crippen LogP contribution in [0.3, 0.4) is 0 Å². The Bertz CT molecular complexity index is 603. The van der Waals surface area contributed by atoms with Crippen molar-refractivity contribution in [1.29, 1.82) is 0 Å². The van der Waals surface area contributed by atoms with Gasteiger partial charge in [0.25, 0.3) is 0 Å². The molecule has 6 heteroatoms. The molecule has 4 nitrogen and oxygen atoms in total. The Hall–Kier alpha value is -1.52. The van der Waals surface area contributed by atoms with Crippen LogP contribution >= 0.6 is 23.2 Å². The van der Waals surface area contributed by atoms with Gasteiger partial charge in [0.15, 0.2) is 0 Å². The van der Waals surface area contributed by atoms with E-state index in [0.717, 1.165) is 17.0 Å². The van der Waals surface area contributed by atoms with Gasteiger partial charge in [-0.2, -0.15) is 5.10 Å². The third-order valence-corrected chi connectivity index (χ3v) is 3.56. The summed E-state index contributed by atoms with van der Waals surface area (Å²) < 4.78 is 0. The fraction of sp³-hybridized carbons (Fsp3) is 0.231. The molecule has 0 aliphatic rings. The molecule has 2 rings (SSSR count). The van der Waals surface area contributed by atoms with Crippen LogP contribution in [0.5, 0.6) is 0 Å². The smallest absolute Gasteiger partial charge is 0.228 e. The highest BCUT2D eigenvalue weighted by molar-refractivity contribution is 6.42. The summed E-state index contributed by atoms with van der Waals surface area (Å²) in [6.07, 6.45) is 0.272. The molecule has 0 saturated carbocycles. The van der Waals surface area contributed by atoms with Crippen molar-refractivity contribution in [2.24, 2.45) is 0 Å². The Morgan fingerprint density at radius 2 is 2.05 bits per heavy atom. The summed E-state index contributed by atoms with van der Waals surface area (Å²) in [5.41, 5.74) is 3.28. The summed E-state index contributed by atoms with van der Waals surface area (Å²) >= 11 is 11.7. The van der Waals surface area contributed by atoms with E-state index in [9.17, 15) is 4.79 Å². The minimum absolute atomic E-state index is 0.119. The predicted octanol–water partition coefficient (Wildman–Crippen LogP) is 3.51. The summed E-state index contributed by atoms with van der Waals surface area (Å²) in [7, 11) is 0. The third-order valence-electron chi connectivity index (χ3n) is 2.82. The largest absolute Gasteiger partial charge is 0.326 e. The molecule has 2 aromatic rings. The summed E-state index contributed by atoms with van der Waals surface area (Å²) in [6, 6.07) is 4.98. The van der Waals surface area contributed by atoms with Crippen LogP contribution in [0.4, 0.5) is 5.69 Å². The third kappa shape index (κ3) is 3.28. The number of carbonyl (C=O) groups is 1. The lowest BCUT2D eigenvalue weighted by molar-refractivity contribution is -0.115. The highest BCUT2D eigenvalue weighted by Crippen LogP contribution is 2.25. The Kier molecular flexibility index (Phi) is 4.12. The van der Waals surface area contributed by atoms with E-state index in [2.05, 4.69) is 15.5 Å². The second-order valence-corrected chi connectivity index (χ2v) is 5.08. The number of rotatable bonds is 3. The first-order valence-corrected chi connectivity index (χ1v) is 6.48. The van der Waals surface area contributed by atoms with E-state index in [-0.39, 0.29) is 12.3 Å². The lowest BCUT2D eigenvalue weighted by Crippen LogP contribution is -2.15. The van der Waals surface area contributed by atoms with E-state index in [0.29, 0.717) is 15.7 Å². The highest BCUT2D eigenvalue weighted by Gasteiger charge is 2.12. The Labute approximate surface area is 121 Å². The Balaban J connectivity index is 2.07. The molecular weight excluding hydrogens is 285 g/mol. The van der Waals surface area contributed by atoms with Gasteiger partial charge in [0.05, 0.1) is 22.2 Å². The zero-order chi connectivity index (χ0) is 14.0. The second-order valence-electron chi connectivity index (χ2n) is 4.27. The predicted molar refractivity (Wildman–Crippen MR) is 76.9 cm³/mol. The monoisotopic (exact) mass is 297 g/mol. The molecule has 2 N–H and O–H groups in total. The number of amides is 1. The standard InChI is InChI=1S/C13H13Cl2N3O/c1-7-10(8(2)18-17-7)6-13(19)16-9-3-4-11(14)12(15)5-9/h3-5H,6H2,1-2H3,(H,16,19)(H,17,18). The van der Waals surface area contributed by atoms with E-state index in [1.165, 1.54) is 0 Å². The summed E-state index contributed by atoms with van der Waals surface area (Å²) in [6.45, 7) is 3.76. The number of carbonyl (C=O) groups excluding carboxylic acids is 1. The molecule has 0 fully saturated rings. The molecule has 1 aromatic heterocycles. The second kappa shape index (κ2) is 5.63. The van der Waals surface area contributed by atoms with Gasteiger partial charge in [0, 0.05) is 16.9 Å². The van der Waals surface area contributed by atoms with E-state index in [1.54, 1.807) is 18.2 Å². The number of halogens is 2. The van der Waals surface area contributed by atoms with Crippen molar-refractivity contribution in [1.82, 2.24) is 10.2 Å². The van der Waals surface area contributed by atoms with Crippen LogP contribution in [-0.2, 0) is 11.2 Å². The molecule has 0 atom stereocenters. The van der Waals surface area contributed by atoms with Gasteiger partial charge in [0.2, 0.25) is 5.91 Å². The normalized spacial score (nSPS) is 10.5. The van der Waals surface area contributed by atoms with Crippen LogP contribution in [0.1, 0.15) is 17.0 Å². The van der Waals surface area contributed by atoms with Crippen molar-refractivity contribution < 1.29 is 4.79 Å². The van der Waals surface area contributed by atoms with Crippen LogP contribution in [-0.4, -0.2) is 16.1 Å². The highest BCUT2D eigenvalue weighted by atomic mass is 35.5. The summed E-state index contributed by atoms with van der Waals surface area (Å²) in [4.78, 5) is 12.0. The van der Waals surface area contributed by atoms with Gasteiger partial charge in [-0.1, -0.05) is 23.2 Å². The molecular formula is C13H13Cl2N3O. The van der Waals surface area contributed by atoms with Gasteiger partial charge in [-0.25, -0.2) is 0 Å². The molecule has 0 saturated heterocycles. The molecule has 1 amide bonds. The van der Waals surface area contributed by atoms with Crippen LogP contribution < -0.4 is 5.32 Å². The summed E-state index contributed by atoms with van der Waals surface area (Å²) in [5, 5.41) is 10.6. The van der Waals surface area contributed by atoms with Crippen LogP contribution in [0.25, 0.3) is 0 Å². The molecule has 1 aromatic carbocycles. The quantitative estimate of drug-likeness (QED) is 0.911. The number of benzene rings is 1. The van der Waals surface area contributed by atoms with E-state index < -0.39 is 0 Å². The molecule has 0 spiro atoms. The van der Waals surface area contributed by atoms with Gasteiger partial charge < -0.3 is 5.32 Å². The first-order valence-electron chi connectivity index (χ1n) is 5.72. The van der Waals surface area contributed by atoms with Crippen molar-refractivity contribution in [2.75, 3.05) is 5.32 Å². The number of hydrogen-bond donors (Lipinski definition) is 2. The summed E-state index contributed by atoms with van der Waals surface area (Å²) in [5.74, 6) is -0.119. The number of aromatic nitrogens is 2. The Morgan fingerprint density at radius 1 is 1.32 bits per heavy atom. The molecule has 0 aliphatic carbocycles. The molecule has 0 unspecified atom stereocenters. The van der Waals surface area contributed by atoms with Gasteiger partial charge in [-0.3, -0.25) is 9.89 Å². The van der Waals surface area contributed by atoms with Crippen molar-refractivity contribution in [3.05, 3.63) is 45.2 Å². The maximum atomic E-state index is 12.0. The van der Waals surface area contributed by atoms with Gasteiger partial charge in [-0.05, 0) is 32.0 Å². The topological polar surface area (TPSA) is 57.8 Å². The number of nitrogens with zero attached hydrogens (tertiary/aromatic N) is 1. The molecule has 0 bridgehead atoms.